The van der Waals surface area contributed by atoms with Gasteiger partial charge in [-0.2, -0.15) is 0 Å². The van der Waals surface area contributed by atoms with Gasteiger partial charge in [0.2, 0.25) is 0 Å². The first kappa shape index (κ1) is 15.2. The molecule has 1 unspecified atom stereocenters. The second-order valence-corrected chi connectivity index (χ2v) is 7.94. The quantitative estimate of drug-likeness (QED) is 0.652. The average Bonchev–Trinajstić information content (AvgIpc) is 2.54. The highest BCUT2D eigenvalue weighted by atomic mass is 79.9. The largest absolute Gasteiger partial charge is 0.467 e. The minimum absolute atomic E-state index is 0.259. The number of ether oxygens (including phenoxy) is 2. The molecule has 2 aliphatic heterocycles. The van der Waals surface area contributed by atoms with Gasteiger partial charge in [-0.05, 0) is 59.0 Å². The number of hydrogen-bond donors (Lipinski definition) is 0. The van der Waals surface area contributed by atoms with E-state index in [1.807, 2.05) is 0 Å². The molecule has 2 fully saturated rings. The summed E-state index contributed by atoms with van der Waals surface area (Å²) in [6.45, 7) is 3.49. The van der Waals surface area contributed by atoms with E-state index >= 15 is 0 Å². The Labute approximate surface area is 147 Å². The molecule has 0 amide bonds. The average molecular weight is 429 g/mol. The standard InChI is InChI=1S/C17H19Br2NO2/c18-14-10-12-9-13-3-1-2-4-17(13,20-5-7-21-8-6-20)22-16(12)15(19)11-14/h9-11H,1-8H2. The molecule has 0 bridgehead atoms. The normalized spacial score (nSPS) is 28.4. The lowest BCUT2D eigenvalue weighted by atomic mass is 9.82. The van der Waals surface area contributed by atoms with Crippen LogP contribution in [0.5, 0.6) is 5.75 Å². The van der Waals surface area contributed by atoms with E-state index in [-0.39, 0.29) is 5.72 Å². The molecule has 0 radical (unpaired) electrons. The Morgan fingerprint density at radius 2 is 1.91 bits per heavy atom. The third kappa shape index (κ3) is 2.46. The van der Waals surface area contributed by atoms with Gasteiger partial charge in [-0.25, -0.2) is 0 Å². The number of fused-ring (bicyclic) bond motifs is 2. The number of benzene rings is 1. The zero-order valence-electron chi connectivity index (χ0n) is 12.4. The lowest BCUT2D eigenvalue weighted by molar-refractivity contribution is -0.113. The maximum atomic E-state index is 6.68. The highest BCUT2D eigenvalue weighted by Crippen LogP contribution is 2.48. The first-order valence-corrected chi connectivity index (χ1v) is 9.49. The van der Waals surface area contributed by atoms with Crippen molar-refractivity contribution in [3.63, 3.8) is 0 Å². The second kappa shape index (κ2) is 5.93. The number of halogens is 2. The Balaban J connectivity index is 1.80. The van der Waals surface area contributed by atoms with Crippen LogP contribution in [0.15, 0.2) is 26.7 Å². The van der Waals surface area contributed by atoms with Crippen LogP contribution in [0.4, 0.5) is 0 Å². The van der Waals surface area contributed by atoms with Gasteiger partial charge in [0.05, 0.1) is 17.7 Å². The van der Waals surface area contributed by atoms with Crippen LogP contribution < -0.4 is 4.74 Å². The van der Waals surface area contributed by atoms with Crippen molar-refractivity contribution < 1.29 is 9.47 Å². The van der Waals surface area contributed by atoms with E-state index in [9.17, 15) is 0 Å². The number of morpholine rings is 1. The molecule has 1 atom stereocenters. The van der Waals surface area contributed by atoms with Gasteiger partial charge in [-0.3, -0.25) is 4.90 Å². The smallest absolute Gasteiger partial charge is 0.186 e. The second-order valence-electron chi connectivity index (χ2n) is 6.17. The summed E-state index contributed by atoms with van der Waals surface area (Å²) in [7, 11) is 0. The van der Waals surface area contributed by atoms with Crippen LogP contribution in [0.3, 0.4) is 0 Å². The zero-order chi connectivity index (χ0) is 15.2. The van der Waals surface area contributed by atoms with Crippen molar-refractivity contribution in [1.82, 2.24) is 4.90 Å². The van der Waals surface area contributed by atoms with Crippen molar-refractivity contribution in [1.29, 1.82) is 0 Å². The molecular formula is C17H19Br2NO2. The first-order chi connectivity index (χ1) is 10.7. The highest BCUT2D eigenvalue weighted by molar-refractivity contribution is 9.11. The van der Waals surface area contributed by atoms with Gasteiger partial charge in [0.15, 0.2) is 5.72 Å². The molecule has 0 spiro atoms. The summed E-state index contributed by atoms with van der Waals surface area (Å²) >= 11 is 7.25. The third-order valence-electron chi connectivity index (χ3n) is 4.87. The molecule has 3 nitrogen and oxygen atoms in total. The van der Waals surface area contributed by atoms with Crippen LogP contribution in [0, 0.1) is 0 Å². The van der Waals surface area contributed by atoms with E-state index in [2.05, 4.69) is 55.0 Å². The van der Waals surface area contributed by atoms with E-state index in [1.165, 1.54) is 24.0 Å². The lowest BCUT2D eigenvalue weighted by Gasteiger charge is -2.50. The fourth-order valence-electron chi connectivity index (χ4n) is 3.84. The molecule has 1 aromatic rings. The van der Waals surface area contributed by atoms with Gasteiger partial charge >= 0.3 is 0 Å². The van der Waals surface area contributed by atoms with Crippen LogP contribution in [-0.4, -0.2) is 36.9 Å². The predicted molar refractivity (Wildman–Crippen MR) is 94.0 cm³/mol. The van der Waals surface area contributed by atoms with Gasteiger partial charge in [0, 0.05) is 29.5 Å². The molecule has 2 heterocycles. The third-order valence-corrected chi connectivity index (χ3v) is 5.92. The van der Waals surface area contributed by atoms with Crippen molar-refractivity contribution in [3.8, 4) is 5.75 Å². The maximum Gasteiger partial charge on any atom is 0.186 e. The molecule has 3 aliphatic rings. The Bertz CT molecular complexity index is 625. The fourth-order valence-corrected chi connectivity index (χ4v) is 5.18. The fraction of sp³-hybridized carbons (Fsp3) is 0.529. The summed E-state index contributed by atoms with van der Waals surface area (Å²) in [4.78, 5) is 2.49. The summed E-state index contributed by atoms with van der Waals surface area (Å²) in [5.74, 6) is 0.973. The van der Waals surface area contributed by atoms with E-state index in [4.69, 9.17) is 9.47 Å². The van der Waals surface area contributed by atoms with Gasteiger partial charge in [0.25, 0.3) is 0 Å². The van der Waals surface area contributed by atoms with Gasteiger partial charge in [-0.15, -0.1) is 0 Å². The molecule has 22 heavy (non-hydrogen) atoms. The molecule has 5 heteroatoms. The Kier molecular flexibility index (Phi) is 4.09. The molecule has 4 rings (SSSR count). The number of hydrogen-bond acceptors (Lipinski definition) is 3. The molecule has 1 saturated heterocycles. The molecule has 1 aromatic carbocycles. The predicted octanol–water partition coefficient (Wildman–Crippen LogP) is 4.59. The minimum atomic E-state index is -0.259. The van der Waals surface area contributed by atoms with Crippen LogP contribution in [0.2, 0.25) is 0 Å². The molecule has 118 valence electrons. The van der Waals surface area contributed by atoms with Crippen molar-refractivity contribution in [3.05, 3.63) is 32.2 Å². The van der Waals surface area contributed by atoms with Gasteiger partial charge in [0.1, 0.15) is 5.75 Å². The van der Waals surface area contributed by atoms with Crippen molar-refractivity contribution in [2.45, 2.75) is 31.4 Å². The van der Waals surface area contributed by atoms with E-state index in [0.717, 1.165) is 53.8 Å². The molecule has 1 saturated carbocycles. The molecule has 0 N–H and O–H groups in total. The molecule has 1 aliphatic carbocycles. The monoisotopic (exact) mass is 427 g/mol. The van der Waals surface area contributed by atoms with Crippen molar-refractivity contribution in [2.24, 2.45) is 0 Å². The Morgan fingerprint density at radius 3 is 2.73 bits per heavy atom. The van der Waals surface area contributed by atoms with E-state index in [1.54, 1.807) is 0 Å². The lowest BCUT2D eigenvalue weighted by Crippen LogP contribution is -2.59. The molecule has 0 aromatic heterocycles. The maximum absolute atomic E-state index is 6.68. The summed E-state index contributed by atoms with van der Waals surface area (Å²) in [6.07, 6.45) is 7.02. The Hall–Kier alpha value is -0.360. The number of nitrogens with zero attached hydrogens (tertiary/aromatic N) is 1. The summed E-state index contributed by atoms with van der Waals surface area (Å²) in [5.41, 5.74) is 2.34. The van der Waals surface area contributed by atoms with Crippen LogP contribution in [0.25, 0.3) is 6.08 Å². The molecular weight excluding hydrogens is 410 g/mol. The highest BCUT2D eigenvalue weighted by Gasteiger charge is 2.47. The number of rotatable bonds is 1. The first-order valence-electron chi connectivity index (χ1n) is 7.91. The summed E-state index contributed by atoms with van der Waals surface area (Å²) in [5, 5.41) is 0. The summed E-state index contributed by atoms with van der Waals surface area (Å²) < 4.78 is 14.3. The van der Waals surface area contributed by atoms with E-state index in [0.29, 0.717) is 0 Å². The minimum Gasteiger partial charge on any atom is -0.467 e. The Morgan fingerprint density at radius 1 is 1.09 bits per heavy atom. The van der Waals surface area contributed by atoms with Crippen LogP contribution in [-0.2, 0) is 4.74 Å². The van der Waals surface area contributed by atoms with Crippen LogP contribution >= 0.6 is 31.9 Å². The van der Waals surface area contributed by atoms with Crippen molar-refractivity contribution in [2.75, 3.05) is 26.3 Å². The van der Waals surface area contributed by atoms with E-state index < -0.39 is 0 Å². The van der Waals surface area contributed by atoms with Gasteiger partial charge < -0.3 is 9.47 Å². The zero-order valence-corrected chi connectivity index (χ0v) is 15.6. The van der Waals surface area contributed by atoms with Gasteiger partial charge in [-0.1, -0.05) is 15.9 Å². The SMILES string of the molecule is Brc1cc(Br)c2c(c1)C=C1CCCCC1(N1CCOCC1)O2. The van der Waals surface area contributed by atoms with Crippen LogP contribution in [0.1, 0.15) is 31.2 Å². The topological polar surface area (TPSA) is 21.7 Å². The van der Waals surface area contributed by atoms with Crippen molar-refractivity contribution >= 4 is 37.9 Å². The summed E-state index contributed by atoms with van der Waals surface area (Å²) in [6, 6.07) is 4.21.